The Balaban J connectivity index is 0.000000240. The highest BCUT2D eigenvalue weighted by molar-refractivity contribution is 5.88. The van der Waals surface area contributed by atoms with E-state index < -0.39 is 23.9 Å². The van der Waals surface area contributed by atoms with E-state index in [1.165, 1.54) is 9.80 Å². The van der Waals surface area contributed by atoms with Gasteiger partial charge in [-0.05, 0) is 47.2 Å². The molecule has 2 atom stereocenters. The molecule has 0 spiro atoms. The van der Waals surface area contributed by atoms with E-state index in [9.17, 15) is 29.4 Å². The average Bonchev–Trinajstić information content (AvgIpc) is 3.52. The molecule has 240 valence electrons. The Morgan fingerprint density at radius 1 is 0.636 bits per heavy atom. The Labute approximate surface area is 256 Å². The Kier molecular flexibility index (Phi) is 11.8. The maximum absolute atomic E-state index is 12.5. The van der Waals surface area contributed by atoms with E-state index in [1.807, 2.05) is 27.7 Å². The van der Waals surface area contributed by atoms with Gasteiger partial charge in [0, 0.05) is 39.3 Å². The first-order valence-corrected chi connectivity index (χ1v) is 14.4. The van der Waals surface area contributed by atoms with E-state index >= 15 is 0 Å². The molecule has 14 nitrogen and oxygen atoms in total. The predicted molar refractivity (Wildman–Crippen MR) is 158 cm³/mol. The fraction of sp³-hybridized carbons (Fsp3) is 0.467. The van der Waals surface area contributed by atoms with E-state index in [0.29, 0.717) is 39.3 Å². The van der Waals surface area contributed by atoms with Gasteiger partial charge >= 0.3 is 12.1 Å². The normalized spacial score (nSPS) is 16.3. The molecule has 0 radical (unpaired) electrons. The van der Waals surface area contributed by atoms with Crippen molar-refractivity contribution in [2.75, 3.05) is 26.2 Å². The van der Waals surface area contributed by atoms with Crippen LogP contribution in [0.1, 0.15) is 38.8 Å². The highest BCUT2D eigenvalue weighted by Crippen LogP contribution is 2.22. The van der Waals surface area contributed by atoms with Crippen LogP contribution in [0.5, 0.6) is 11.5 Å². The number of nitrogens with zero attached hydrogens (tertiary/aromatic N) is 4. The number of hydrogen-bond donors (Lipinski definition) is 6. The third kappa shape index (κ3) is 8.29. The molecule has 0 bridgehead atoms. The summed E-state index contributed by atoms with van der Waals surface area (Å²) in [5.41, 5.74) is 5.08. The number of rotatable bonds is 10. The largest absolute Gasteiger partial charge is 0.508 e. The first-order valence-electron chi connectivity index (χ1n) is 14.4. The molecule has 2 aliphatic rings. The minimum Gasteiger partial charge on any atom is -0.508 e. The molecule has 44 heavy (non-hydrogen) atoms. The molecule has 0 saturated carbocycles. The third-order valence-corrected chi connectivity index (χ3v) is 7.57. The van der Waals surface area contributed by atoms with E-state index in [1.54, 1.807) is 69.3 Å². The molecule has 6 amide bonds. The van der Waals surface area contributed by atoms with Gasteiger partial charge in [0.2, 0.25) is 0 Å². The first-order chi connectivity index (χ1) is 20.9. The van der Waals surface area contributed by atoms with Crippen molar-refractivity contribution < 1.29 is 39.8 Å². The number of benzene rings is 2. The van der Waals surface area contributed by atoms with Crippen LogP contribution in [0.2, 0.25) is 0 Å². The zero-order valence-corrected chi connectivity index (χ0v) is 25.4. The van der Waals surface area contributed by atoms with Crippen molar-refractivity contribution in [3.63, 3.8) is 0 Å². The summed E-state index contributed by atoms with van der Waals surface area (Å²) in [6.45, 7) is 10.1. The van der Waals surface area contributed by atoms with Crippen LogP contribution in [0.25, 0.3) is 0 Å². The summed E-state index contributed by atoms with van der Waals surface area (Å²) in [4.78, 5) is 54.8. The average molecular weight is 615 g/mol. The molecule has 2 heterocycles. The lowest BCUT2D eigenvalue weighted by molar-refractivity contribution is -0.135. The SMILES string of the molecule is CC(C)C(C(=O)NO)N1CCN(Cc2ccc(O)cc2)C1=O.CC(C)C(C(=O)NO)N1CCN(Cc2ccc(O)cc2)C1=O. The Bertz CT molecular complexity index is 1190. The van der Waals surface area contributed by atoms with Gasteiger partial charge in [-0.2, -0.15) is 0 Å². The van der Waals surface area contributed by atoms with Crippen molar-refractivity contribution >= 4 is 23.9 Å². The minimum atomic E-state index is -0.692. The lowest BCUT2D eigenvalue weighted by atomic mass is 10.0. The molecule has 6 N–H and O–H groups in total. The number of hydroxylamine groups is 2. The van der Waals surface area contributed by atoms with Crippen LogP contribution in [0.4, 0.5) is 9.59 Å². The summed E-state index contributed by atoms with van der Waals surface area (Å²) in [7, 11) is 0. The number of nitrogens with one attached hydrogen (secondary N) is 2. The number of phenols is 2. The summed E-state index contributed by atoms with van der Waals surface area (Å²) in [6.07, 6.45) is 0. The smallest absolute Gasteiger partial charge is 0.321 e. The summed E-state index contributed by atoms with van der Waals surface area (Å²) >= 11 is 0. The maximum atomic E-state index is 12.5. The van der Waals surface area contributed by atoms with Gasteiger partial charge in [0.25, 0.3) is 11.8 Å². The lowest BCUT2D eigenvalue weighted by Crippen LogP contribution is -2.50. The van der Waals surface area contributed by atoms with Crippen molar-refractivity contribution in [3.8, 4) is 11.5 Å². The fourth-order valence-corrected chi connectivity index (χ4v) is 5.40. The van der Waals surface area contributed by atoms with Crippen LogP contribution in [0.15, 0.2) is 48.5 Å². The topological polar surface area (TPSA) is 186 Å². The fourth-order valence-electron chi connectivity index (χ4n) is 5.40. The van der Waals surface area contributed by atoms with Gasteiger partial charge in [0.05, 0.1) is 0 Å². The number of phenolic OH excluding ortho intramolecular Hbond substituents is 2. The molecule has 2 saturated heterocycles. The van der Waals surface area contributed by atoms with Gasteiger partial charge in [0.1, 0.15) is 23.6 Å². The van der Waals surface area contributed by atoms with Crippen LogP contribution in [0, 0.1) is 11.8 Å². The van der Waals surface area contributed by atoms with Crippen molar-refractivity contribution in [1.82, 2.24) is 30.6 Å². The van der Waals surface area contributed by atoms with Crippen LogP contribution >= 0.6 is 0 Å². The summed E-state index contributed by atoms with van der Waals surface area (Å²) in [6, 6.07) is 11.5. The van der Waals surface area contributed by atoms with Gasteiger partial charge < -0.3 is 29.8 Å². The third-order valence-electron chi connectivity index (χ3n) is 7.57. The van der Waals surface area contributed by atoms with Crippen molar-refractivity contribution in [1.29, 1.82) is 0 Å². The van der Waals surface area contributed by atoms with Crippen LogP contribution in [0.3, 0.4) is 0 Å². The summed E-state index contributed by atoms with van der Waals surface area (Å²) in [5.74, 6) is -1.01. The van der Waals surface area contributed by atoms with Gasteiger partial charge in [-0.1, -0.05) is 52.0 Å². The van der Waals surface area contributed by atoms with Crippen LogP contribution in [-0.4, -0.2) is 102 Å². The van der Waals surface area contributed by atoms with Gasteiger partial charge in [0.15, 0.2) is 0 Å². The lowest BCUT2D eigenvalue weighted by Gasteiger charge is -2.29. The zero-order valence-electron chi connectivity index (χ0n) is 25.4. The van der Waals surface area contributed by atoms with Crippen molar-refractivity contribution in [3.05, 3.63) is 59.7 Å². The number of aromatic hydroxyl groups is 2. The predicted octanol–water partition coefficient (Wildman–Crippen LogP) is 2.32. The number of carbonyl (C=O) groups excluding carboxylic acids is 4. The quantitative estimate of drug-likeness (QED) is 0.174. The second kappa shape index (κ2) is 15.3. The van der Waals surface area contributed by atoms with Crippen molar-refractivity contribution in [2.45, 2.75) is 52.9 Å². The van der Waals surface area contributed by atoms with E-state index in [2.05, 4.69) is 0 Å². The number of urea groups is 2. The molecule has 0 aliphatic carbocycles. The molecule has 14 heteroatoms. The molecular weight excluding hydrogens is 572 g/mol. The number of hydrogen-bond acceptors (Lipinski definition) is 8. The zero-order chi connectivity index (χ0) is 32.6. The van der Waals surface area contributed by atoms with E-state index in [0.717, 1.165) is 11.1 Å². The summed E-state index contributed by atoms with van der Waals surface area (Å²) < 4.78 is 0. The van der Waals surface area contributed by atoms with Crippen molar-refractivity contribution in [2.24, 2.45) is 11.8 Å². The molecule has 2 aromatic carbocycles. The van der Waals surface area contributed by atoms with Crippen LogP contribution < -0.4 is 11.0 Å². The van der Waals surface area contributed by atoms with Gasteiger partial charge in [-0.25, -0.2) is 20.5 Å². The Morgan fingerprint density at radius 3 is 1.23 bits per heavy atom. The van der Waals surface area contributed by atoms with E-state index in [-0.39, 0.29) is 35.4 Å². The molecular formula is C30H42N6O8. The monoisotopic (exact) mass is 614 g/mol. The molecule has 2 aliphatic heterocycles. The van der Waals surface area contributed by atoms with E-state index in [4.69, 9.17) is 10.4 Å². The summed E-state index contributed by atoms with van der Waals surface area (Å²) in [5, 5.41) is 36.3. The molecule has 0 aromatic heterocycles. The van der Waals surface area contributed by atoms with Gasteiger partial charge in [-0.3, -0.25) is 20.0 Å². The maximum Gasteiger partial charge on any atom is 0.321 e. The molecule has 2 unspecified atom stereocenters. The standard InChI is InChI=1S/2C15H21N3O4/c2*1-10(2)13(14(20)16-22)18-8-7-17(15(18)21)9-11-3-5-12(19)6-4-11/h2*3-6,10,13,19,22H,7-9H2,1-2H3,(H,16,20). The Hall–Kier alpha value is -4.56. The number of carbonyl (C=O) groups is 4. The second-order valence-electron chi connectivity index (χ2n) is 11.5. The molecule has 4 rings (SSSR count). The minimum absolute atomic E-state index is 0.107. The van der Waals surface area contributed by atoms with Gasteiger partial charge in [-0.15, -0.1) is 0 Å². The number of amides is 6. The molecule has 2 aromatic rings. The second-order valence-corrected chi connectivity index (χ2v) is 11.5. The first kappa shape index (κ1) is 33.9. The Morgan fingerprint density at radius 2 is 0.955 bits per heavy atom. The highest BCUT2D eigenvalue weighted by Gasteiger charge is 2.40. The molecule has 2 fully saturated rings. The highest BCUT2D eigenvalue weighted by atomic mass is 16.5. The van der Waals surface area contributed by atoms with Crippen LogP contribution in [-0.2, 0) is 22.7 Å².